The third-order valence-corrected chi connectivity index (χ3v) is 7.61. The van der Waals surface area contributed by atoms with E-state index in [2.05, 4.69) is 10.3 Å². The number of nitrogens with one attached hydrogen (secondary N) is 1. The van der Waals surface area contributed by atoms with Crippen molar-refractivity contribution in [1.82, 2.24) is 9.29 Å². The number of aromatic nitrogens is 1. The number of benzene rings is 2. The highest BCUT2D eigenvalue weighted by atomic mass is 32.2. The summed E-state index contributed by atoms with van der Waals surface area (Å²) in [4.78, 5) is 16.4. The Morgan fingerprint density at radius 3 is 2.53 bits per heavy atom. The van der Waals surface area contributed by atoms with E-state index in [9.17, 15) is 26.4 Å². The van der Waals surface area contributed by atoms with Crippen LogP contribution in [0.15, 0.2) is 35.2 Å². The molecule has 4 rings (SSSR count). The number of carbonyl (C=O) groups is 1. The number of carbonyl (C=O) groups excluding carboxylic acids is 1. The van der Waals surface area contributed by atoms with E-state index in [0.29, 0.717) is 0 Å². The summed E-state index contributed by atoms with van der Waals surface area (Å²) < 4.78 is 73.7. The fourth-order valence-corrected chi connectivity index (χ4v) is 5.99. The predicted octanol–water partition coefficient (Wildman–Crippen LogP) is 3.76. The molecule has 1 fully saturated rings. The first-order chi connectivity index (χ1) is 15.1. The SMILES string of the molecule is C[C@@H]1CN(S(=O)(=O)c2cccc(C(=O)Nc3nc4c(F)c(F)c(F)cc4s3)c2)C[C@H](C)O1. The van der Waals surface area contributed by atoms with Crippen molar-refractivity contribution in [2.24, 2.45) is 0 Å². The monoisotopic (exact) mass is 485 g/mol. The minimum Gasteiger partial charge on any atom is -0.373 e. The number of hydrogen-bond donors (Lipinski definition) is 1. The summed E-state index contributed by atoms with van der Waals surface area (Å²) in [5, 5.41) is 2.33. The first-order valence-corrected chi connectivity index (χ1v) is 11.8. The molecule has 2 heterocycles. The Bertz CT molecular complexity index is 1300. The van der Waals surface area contributed by atoms with Crippen LogP contribution in [0.4, 0.5) is 18.3 Å². The van der Waals surface area contributed by atoms with Gasteiger partial charge in [-0.15, -0.1) is 0 Å². The van der Waals surface area contributed by atoms with Crippen molar-refractivity contribution < 1.29 is 31.1 Å². The van der Waals surface area contributed by atoms with Crippen LogP contribution in [0.25, 0.3) is 10.2 Å². The van der Waals surface area contributed by atoms with Gasteiger partial charge in [0.25, 0.3) is 5.91 Å². The smallest absolute Gasteiger partial charge is 0.257 e. The van der Waals surface area contributed by atoms with E-state index < -0.39 is 38.9 Å². The molecule has 0 bridgehead atoms. The van der Waals surface area contributed by atoms with Crippen LogP contribution in [-0.2, 0) is 14.8 Å². The first kappa shape index (κ1) is 22.6. The topological polar surface area (TPSA) is 88.6 Å². The van der Waals surface area contributed by atoms with E-state index in [-0.39, 0.29) is 45.6 Å². The lowest BCUT2D eigenvalue weighted by Crippen LogP contribution is -2.48. The molecule has 1 aliphatic heterocycles. The highest BCUT2D eigenvalue weighted by Crippen LogP contribution is 2.31. The minimum atomic E-state index is -3.87. The van der Waals surface area contributed by atoms with Crippen LogP contribution in [0.5, 0.6) is 0 Å². The van der Waals surface area contributed by atoms with E-state index >= 15 is 0 Å². The molecule has 1 amide bonds. The predicted molar refractivity (Wildman–Crippen MR) is 113 cm³/mol. The number of halogens is 3. The lowest BCUT2D eigenvalue weighted by Gasteiger charge is -2.34. The maximum atomic E-state index is 13.9. The molecule has 3 aromatic rings. The summed E-state index contributed by atoms with van der Waals surface area (Å²) in [7, 11) is -3.87. The number of thiazole rings is 1. The van der Waals surface area contributed by atoms with Crippen molar-refractivity contribution in [3.8, 4) is 0 Å². The summed E-state index contributed by atoms with van der Waals surface area (Å²) >= 11 is 0.760. The molecular formula is C20H18F3N3O4S2. The normalized spacial score (nSPS) is 19.9. The average Bonchev–Trinajstić information content (AvgIpc) is 3.13. The van der Waals surface area contributed by atoms with Crippen LogP contribution in [-0.4, -0.2) is 48.9 Å². The molecule has 1 saturated heterocycles. The van der Waals surface area contributed by atoms with E-state index in [0.717, 1.165) is 17.4 Å². The number of sulfonamides is 1. The lowest BCUT2D eigenvalue weighted by molar-refractivity contribution is -0.0440. The Morgan fingerprint density at radius 2 is 1.84 bits per heavy atom. The Hall–Kier alpha value is -2.54. The molecule has 1 aliphatic rings. The van der Waals surface area contributed by atoms with Crippen LogP contribution in [0.1, 0.15) is 24.2 Å². The summed E-state index contributed by atoms with van der Waals surface area (Å²) in [6, 6.07) is 6.24. The Balaban J connectivity index is 1.59. The number of morpholine rings is 1. The van der Waals surface area contributed by atoms with Crippen molar-refractivity contribution in [1.29, 1.82) is 0 Å². The van der Waals surface area contributed by atoms with Crippen molar-refractivity contribution in [2.45, 2.75) is 31.0 Å². The number of amides is 1. The molecular weight excluding hydrogens is 467 g/mol. The number of nitrogens with zero attached hydrogens (tertiary/aromatic N) is 2. The molecule has 170 valence electrons. The molecule has 1 aromatic heterocycles. The van der Waals surface area contributed by atoms with Gasteiger partial charge in [-0.2, -0.15) is 4.31 Å². The number of anilines is 1. The van der Waals surface area contributed by atoms with Gasteiger partial charge >= 0.3 is 0 Å². The summed E-state index contributed by atoms with van der Waals surface area (Å²) in [6.45, 7) is 3.93. The summed E-state index contributed by atoms with van der Waals surface area (Å²) in [5.74, 6) is -5.16. The molecule has 12 heteroatoms. The van der Waals surface area contributed by atoms with Gasteiger partial charge in [0.2, 0.25) is 10.0 Å². The Labute approximate surface area is 185 Å². The molecule has 32 heavy (non-hydrogen) atoms. The first-order valence-electron chi connectivity index (χ1n) is 9.57. The van der Waals surface area contributed by atoms with Crippen molar-refractivity contribution in [2.75, 3.05) is 18.4 Å². The van der Waals surface area contributed by atoms with E-state index in [1.165, 1.54) is 28.6 Å². The largest absolute Gasteiger partial charge is 0.373 e. The quantitative estimate of drug-likeness (QED) is 0.569. The van der Waals surface area contributed by atoms with E-state index in [4.69, 9.17) is 4.74 Å². The fraction of sp³-hybridized carbons (Fsp3) is 0.300. The number of ether oxygens (including phenoxy) is 1. The van der Waals surface area contributed by atoms with Crippen molar-refractivity contribution in [3.05, 3.63) is 53.3 Å². The van der Waals surface area contributed by atoms with Gasteiger partial charge in [-0.25, -0.2) is 26.6 Å². The zero-order chi connectivity index (χ0) is 23.2. The molecule has 0 unspecified atom stereocenters. The number of fused-ring (bicyclic) bond motifs is 1. The Morgan fingerprint density at radius 1 is 1.16 bits per heavy atom. The second-order valence-electron chi connectivity index (χ2n) is 7.41. The Kier molecular flexibility index (Phi) is 5.96. The average molecular weight is 486 g/mol. The number of hydrogen-bond acceptors (Lipinski definition) is 6. The van der Waals surface area contributed by atoms with Crippen LogP contribution >= 0.6 is 11.3 Å². The van der Waals surface area contributed by atoms with Gasteiger partial charge < -0.3 is 4.74 Å². The standard InChI is InChI=1S/C20H18F3N3O4S2/c1-10-8-26(9-11(2)30-10)32(28,29)13-5-3-4-12(6-13)19(27)25-20-24-18-15(31-20)7-14(21)16(22)17(18)23/h3-7,10-11H,8-9H2,1-2H3,(H,24,25,27)/t10-,11+. The second kappa shape index (κ2) is 8.43. The van der Waals surface area contributed by atoms with Gasteiger partial charge in [-0.1, -0.05) is 17.4 Å². The third kappa shape index (κ3) is 4.22. The third-order valence-electron chi connectivity index (χ3n) is 4.86. The highest BCUT2D eigenvalue weighted by Gasteiger charge is 2.32. The van der Waals surface area contributed by atoms with E-state index in [1.54, 1.807) is 13.8 Å². The van der Waals surface area contributed by atoms with Crippen molar-refractivity contribution in [3.63, 3.8) is 0 Å². The molecule has 0 saturated carbocycles. The lowest BCUT2D eigenvalue weighted by atomic mass is 10.2. The van der Waals surface area contributed by atoms with Gasteiger partial charge in [0.15, 0.2) is 22.6 Å². The molecule has 0 aliphatic carbocycles. The molecule has 7 nitrogen and oxygen atoms in total. The minimum absolute atomic E-state index is 0.0172. The number of rotatable bonds is 4. The maximum Gasteiger partial charge on any atom is 0.257 e. The van der Waals surface area contributed by atoms with Crippen LogP contribution in [0, 0.1) is 17.5 Å². The van der Waals surface area contributed by atoms with Gasteiger partial charge in [0.05, 0.1) is 21.8 Å². The zero-order valence-corrected chi connectivity index (χ0v) is 18.6. The van der Waals surface area contributed by atoms with Gasteiger partial charge in [0, 0.05) is 18.7 Å². The summed E-state index contributed by atoms with van der Waals surface area (Å²) in [5.41, 5.74) is -0.381. The van der Waals surface area contributed by atoms with Gasteiger partial charge in [-0.05, 0) is 38.1 Å². The second-order valence-corrected chi connectivity index (χ2v) is 10.4. The van der Waals surface area contributed by atoms with Crippen LogP contribution in [0.2, 0.25) is 0 Å². The molecule has 0 radical (unpaired) electrons. The van der Waals surface area contributed by atoms with Gasteiger partial charge in [0.1, 0.15) is 5.52 Å². The molecule has 2 atom stereocenters. The molecule has 2 aromatic carbocycles. The zero-order valence-electron chi connectivity index (χ0n) is 16.9. The highest BCUT2D eigenvalue weighted by molar-refractivity contribution is 7.89. The summed E-state index contributed by atoms with van der Waals surface area (Å²) in [6.07, 6.45) is -0.539. The van der Waals surface area contributed by atoms with E-state index in [1.807, 2.05) is 0 Å². The molecule has 0 spiro atoms. The fourth-order valence-electron chi connectivity index (χ4n) is 3.47. The maximum absolute atomic E-state index is 13.9. The van der Waals surface area contributed by atoms with Crippen molar-refractivity contribution >= 4 is 42.6 Å². The van der Waals surface area contributed by atoms with Gasteiger partial charge in [-0.3, -0.25) is 10.1 Å². The molecule has 1 N–H and O–H groups in total. The van der Waals surface area contributed by atoms with Crippen LogP contribution < -0.4 is 5.32 Å². The van der Waals surface area contributed by atoms with Crippen LogP contribution in [0.3, 0.4) is 0 Å².